The fourth-order valence-corrected chi connectivity index (χ4v) is 5.42. The maximum Gasteiger partial charge on any atom is 0.229 e. The molecule has 32 heavy (non-hydrogen) atoms. The molecule has 4 rings (SSSR count). The number of carbonyl (C=O) groups excluding carboxylic acids is 1. The van der Waals surface area contributed by atoms with Crippen LogP contribution in [0.2, 0.25) is 0 Å². The molecule has 2 heterocycles. The van der Waals surface area contributed by atoms with Crippen molar-refractivity contribution in [2.24, 2.45) is 5.14 Å². The highest BCUT2D eigenvalue weighted by Crippen LogP contribution is 2.35. The van der Waals surface area contributed by atoms with E-state index in [0.29, 0.717) is 17.1 Å². The molecule has 0 unspecified atom stereocenters. The molecule has 1 aromatic heterocycles. The van der Waals surface area contributed by atoms with Crippen LogP contribution in [0.1, 0.15) is 27.1 Å². The first-order valence-electron chi connectivity index (χ1n) is 10.3. The fraction of sp³-hybridized carbons (Fsp3) is 0.250. The molecule has 1 aliphatic rings. The monoisotopic (exact) mass is 466 g/mol. The number of rotatable bonds is 6. The van der Waals surface area contributed by atoms with Gasteiger partial charge in [0, 0.05) is 29.4 Å². The topological polar surface area (TPSA) is 82.1 Å². The Morgan fingerprint density at radius 1 is 1.19 bits per heavy atom. The lowest BCUT2D eigenvalue weighted by Gasteiger charge is -2.20. The Morgan fingerprint density at radius 3 is 2.69 bits per heavy atom. The lowest BCUT2D eigenvalue weighted by atomic mass is 10.1. The summed E-state index contributed by atoms with van der Waals surface area (Å²) >= 11 is 2.66. The first-order chi connectivity index (χ1) is 15.6. The van der Waals surface area contributed by atoms with Gasteiger partial charge in [0.15, 0.2) is 0 Å². The number of nitrogens with one attached hydrogen (secondary N) is 1. The molecule has 0 saturated heterocycles. The summed E-state index contributed by atoms with van der Waals surface area (Å²) in [6.07, 6.45) is 1.78. The van der Waals surface area contributed by atoms with E-state index in [4.69, 9.17) is 5.14 Å². The third-order valence-corrected chi connectivity index (χ3v) is 7.26. The van der Waals surface area contributed by atoms with Crippen LogP contribution in [-0.2, 0) is 30.6 Å². The maximum atomic E-state index is 13.5. The maximum absolute atomic E-state index is 13.5. The fourth-order valence-electron chi connectivity index (χ4n) is 3.92. The predicted octanol–water partition coefficient (Wildman–Crippen LogP) is 4.51. The van der Waals surface area contributed by atoms with Gasteiger partial charge < -0.3 is 5.32 Å². The molecule has 0 saturated carbocycles. The van der Waals surface area contributed by atoms with Crippen LogP contribution in [0.25, 0.3) is 0 Å². The van der Waals surface area contributed by atoms with Crippen molar-refractivity contribution in [3.05, 3.63) is 81.5 Å². The Morgan fingerprint density at radius 2 is 1.97 bits per heavy atom. The van der Waals surface area contributed by atoms with Crippen molar-refractivity contribution in [3.63, 3.8) is 0 Å². The number of benzene rings is 2. The Kier molecular flexibility index (Phi) is 7.22. The summed E-state index contributed by atoms with van der Waals surface area (Å²) in [5, 5.41) is 18.9. The van der Waals surface area contributed by atoms with Gasteiger partial charge in [-0.25, -0.2) is 4.39 Å². The van der Waals surface area contributed by atoms with Gasteiger partial charge in [-0.05, 0) is 65.7 Å². The molecule has 3 N–H and O–H groups in total. The highest BCUT2D eigenvalue weighted by atomic mass is 32.2. The van der Waals surface area contributed by atoms with Crippen molar-refractivity contribution in [3.8, 4) is 6.07 Å². The second kappa shape index (κ2) is 10.3. The van der Waals surface area contributed by atoms with Crippen LogP contribution < -0.4 is 10.5 Å². The number of amides is 1. The number of nitrogens with zero attached hydrogens (tertiary/aromatic N) is 2. The largest absolute Gasteiger partial charge is 0.316 e. The van der Waals surface area contributed by atoms with Gasteiger partial charge in [-0.1, -0.05) is 24.3 Å². The lowest BCUT2D eigenvalue weighted by Crippen LogP contribution is -2.26. The summed E-state index contributed by atoms with van der Waals surface area (Å²) in [6, 6.07) is 16.5. The van der Waals surface area contributed by atoms with E-state index in [-0.39, 0.29) is 18.1 Å². The zero-order valence-electron chi connectivity index (χ0n) is 17.4. The number of nitrogens with two attached hydrogens (primary N) is 1. The first kappa shape index (κ1) is 22.5. The molecule has 5 nitrogen and oxygen atoms in total. The molecule has 0 radical (unpaired) electrons. The Labute approximate surface area is 195 Å². The number of carbonyl (C=O) groups is 1. The number of hydrogen-bond donors (Lipinski definition) is 2. The summed E-state index contributed by atoms with van der Waals surface area (Å²) in [5.74, 6) is -0.364. The molecule has 3 aromatic rings. The van der Waals surface area contributed by atoms with Crippen molar-refractivity contribution >= 4 is 34.2 Å². The first-order valence-corrected chi connectivity index (χ1v) is 12.0. The molecule has 0 fully saturated rings. The van der Waals surface area contributed by atoms with E-state index in [1.54, 1.807) is 12.1 Å². The summed E-state index contributed by atoms with van der Waals surface area (Å²) in [5.41, 5.74) is 3.44. The van der Waals surface area contributed by atoms with Crippen LogP contribution >= 0.6 is 23.3 Å². The smallest absolute Gasteiger partial charge is 0.229 e. The molecular formula is C24H23FN4OS2. The third-order valence-electron chi connectivity index (χ3n) is 5.51. The van der Waals surface area contributed by atoms with Crippen LogP contribution in [0.15, 0.2) is 53.4 Å². The number of anilines is 1. The van der Waals surface area contributed by atoms with Gasteiger partial charge in [-0.2, -0.15) is 5.26 Å². The van der Waals surface area contributed by atoms with Crippen LogP contribution in [0.4, 0.5) is 9.39 Å². The van der Waals surface area contributed by atoms with Crippen molar-refractivity contribution in [1.29, 1.82) is 5.26 Å². The molecule has 0 bridgehead atoms. The van der Waals surface area contributed by atoms with E-state index >= 15 is 0 Å². The minimum absolute atomic E-state index is 0.140. The molecule has 8 heteroatoms. The van der Waals surface area contributed by atoms with Gasteiger partial charge in [0.2, 0.25) is 5.91 Å². The second-order valence-electron chi connectivity index (χ2n) is 7.71. The van der Waals surface area contributed by atoms with Crippen molar-refractivity contribution < 1.29 is 9.18 Å². The SMILES string of the molecule is N#Cc1c(NC(=O)Cc2ccc(SN)cc2)sc2c1CCN(Cc1cccc(F)c1)CC2. The van der Waals surface area contributed by atoms with E-state index in [0.717, 1.165) is 52.4 Å². The van der Waals surface area contributed by atoms with Gasteiger partial charge in [0.1, 0.15) is 16.9 Å². The number of halogens is 1. The Bertz CT molecular complexity index is 1150. The highest BCUT2D eigenvalue weighted by Gasteiger charge is 2.23. The van der Waals surface area contributed by atoms with Crippen LogP contribution in [0, 0.1) is 17.1 Å². The molecule has 0 atom stereocenters. The van der Waals surface area contributed by atoms with Crippen LogP contribution in [0.5, 0.6) is 0 Å². The molecular weight excluding hydrogens is 443 g/mol. The zero-order valence-corrected chi connectivity index (χ0v) is 19.1. The molecule has 1 aliphatic heterocycles. The van der Waals surface area contributed by atoms with E-state index < -0.39 is 0 Å². The van der Waals surface area contributed by atoms with E-state index in [2.05, 4.69) is 16.3 Å². The number of nitriles is 1. The van der Waals surface area contributed by atoms with Crippen LogP contribution in [0.3, 0.4) is 0 Å². The summed E-state index contributed by atoms with van der Waals surface area (Å²) in [7, 11) is 0. The van der Waals surface area contributed by atoms with Gasteiger partial charge in [0.05, 0.1) is 12.0 Å². The van der Waals surface area contributed by atoms with Gasteiger partial charge >= 0.3 is 0 Å². The zero-order chi connectivity index (χ0) is 22.5. The normalized spacial score (nSPS) is 13.8. The van der Waals surface area contributed by atoms with Crippen LogP contribution in [-0.4, -0.2) is 23.9 Å². The van der Waals surface area contributed by atoms with E-state index in [1.807, 2.05) is 30.3 Å². The summed E-state index contributed by atoms with van der Waals surface area (Å²) in [4.78, 5) is 16.9. The summed E-state index contributed by atoms with van der Waals surface area (Å²) < 4.78 is 13.5. The molecule has 0 spiro atoms. The molecule has 164 valence electrons. The minimum Gasteiger partial charge on any atom is -0.316 e. The second-order valence-corrected chi connectivity index (χ2v) is 9.52. The Balaban J connectivity index is 1.42. The Hall–Kier alpha value is -2.70. The number of hydrogen-bond acceptors (Lipinski definition) is 6. The third kappa shape index (κ3) is 5.37. The standard InChI is InChI=1S/C24H23FN4OS2/c25-18-3-1-2-17(12-18)15-29-10-8-20-21(14-26)24(31-22(20)9-11-29)28-23(30)13-16-4-6-19(32-27)7-5-16/h1-7,12H,8-11,13,15,27H2,(H,28,30). The molecule has 1 amide bonds. The average molecular weight is 467 g/mol. The van der Waals surface area contributed by atoms with Crippen molar-refractivity contribution in [1.82, 2.24) is 4.90 Å². The number of thiophene rings is 1. The predicted molar refractivity (Wildman–Crippen MR) is 127 cm³/mol. The number of fused-ring (bicyclic) bond motifs is 1. The van der Waals surface area contributed by atoms with Crippen molar-refractivity contribution in [2.75, 3.05) is 18.4 Å². The average Bonchev–Trinajstić information content (AvgIpc) is 2.99. The molecule has 0 aliphatic carbocycles. The molecule has 2 aromatic carbocycles. The van der Waals surface area contributed by atoms with E-state index in [1.165, 1.54) is 29.4 Å². The quantitative estimate of drug-likeness (QED) is 0.523. The van der Waals surface area contributed by atoms with Crippen molar-refractivity contribution in [2.45, 2.75) is 30.7 Å². The van der Waals surface area contributed by atoms with Gasteiger partial charge in [-0.3, -0.25) is 14.8 Å². The van der Waals surface area contributed by atoms with Gasteiger partial charge in [-0.15, -0.1) is 11.3 Å². The summed E-state index contributed by atoms with van der Waals surface area (Å²) in [6.45, 7) is 2.29. The highest BCUT2D eigenvalue weighted by molar-refractivity contribution is 7.97. The minimum atomic E-state index is -0.224. The van der Waals surface area contributed by atoms with E-state index in [9.17, 15) is 14.4 Å². The van der Waals surface area contributed by atoms with Gasteiger partial charge in [0.25, 0.3) is 0 Å². The lowest BCUT2D eigenvalue weighted by molar-refractivity contribution is -0.115.